The third-order valence-corrected chi connectivity index (χ3v) is 17.6. The normalized spacial score (nSPS) is 16.5. The van der Waals surface area contributed by atoms with Crippen LogP contribution in [-0.4, -0.2) is 9.13 Å². The Bertz CT molecular complexity index is 3840. The highest BCUT2D eigenvalue weighted by molar-refractivity contribution is 6.18. The van der Waals surface area contributed by atoms with Gasteiger partial charge in [0.15, 0.2) is 0 Å². The van der Waals surface area contributed by atoms with Crippen molar-refractivity contribution in [3.63, 3.8) is 0 Å². The maximum atomic E-state index is 2.54. The van der Waals surface area contributed by atoms with Crippen molar-refractivity contribution in [2.45, 2.75) is 57.8 Å². The van der Waals surface area contributed by atoms with Crippen LogP contribution in [0.4, 0.5) is 0 Å². The van der Waals surface area contributed by atoms with E-state index in [9.17, 15) is 0 Å². The number of hydrogen-bond donors (Lipinski definition) is 0. The van der Waals surface area contributed by atoms with Crippen LogP contribution in [0.5, 0.6) is 0 Å². The predicted molar refractivity (Wildman–Crippen MR) is 277 cm³/mol. The summed E-state index contributed by atoms with van der Waals surface area (Å²) in [5.74, 6) is 0. The highest BCUT2D eigenvalue weighted by Crippen LogP contribution is 2.65. The van der Waals surface area contributed by atoms with Gasteiger partial charge in [0, 0.05) is 38.5 Å². The van der Waals surface area contributed by atoms with Gasteiger partial charge in [-0.15, -0.1) is 0 Å². The summed E-state index contributed by atoms with van der Waals surface area (Å²) < 4.78 is 5.04. The van der Waals surface area contributed by atoms with Crippen LogP contribution in [0.1, 0.15) is 74.9 Å². The van der Waals surface area contributed by atoms with Gasteiger partial charge < -0.3 is 9.13 Å². The molecule has 0 radical (unpaired) electrons. The van der Waals surface area contributed by atoms with Crippen LogP contribution in [0.25, 0.3) is 88.4 Å². The van der Waals surface area contributed by atoms with Crippen LogP contribution in [0.3, 0.4) is 0 Å². The molecule has 2 aromatic heterocycles. The van der Waals surface area contributed by atoms with Crippen molar-refractivity contribution in [2.24, 2.45) is 5.41 Å². The van der Waals surface area contributed by atoms with Crippen molar-refractivity contribution < 1.29 is 0 Å². The summed E-state index contributed by atoms with van der Waals surface area (Å²) in [6, 6.07) is 73.5. The molecule has 2 heteroatoms. The zero-order valence-electron chi connectivity index (χ0n) is 38.4. The molecule has 0 bridgehead atoms. The lowest BCUT2D eigenvalue weighted by molar-refractivity contribution is 0.125. The number of fused-ring (bicyclic) bond motifs is 19. The van der Waals surface area contributed by atoms with Crippen molar-refractivity contribution in [1.82, 2.24) is 9.13 Å². The Morgan fingerprint density at radius 3 is 1.45 bits per heavy atom. The average Bonchev–Trinajstić information content (AvgIpc) is 4.07. The van der Waals surface area contributed by atoms with Crippen LogP contribution < -0.4 is 0 Å². The zero-order valence-corrected chi connectivity index (χ0v) is 38.4. The molecule has 3 aliphatic rings. The van der Waals surface area contributed by atoms with E-state index < -0.39 is 5.41 Å². The molecule has 0 N–H and O–H groups in total. The number of nitrogens with zero attached hydrogens (tertiary/aromatic N) is 2. The molecule has 0 fully saturated rings. The molecule has 3 aliphatic carbocycles. The Labute approximate surface area is 386 Å². The quantitative estimate of drug-likeness (QED) is 0.168. The lowest BCUT2D eigenvalue weighted by Gasteiger charge is -2.44. The van der Waals surface area contributed by atoms with Gasteiger partial charge in [-0.05, 0) is 132 Å². The first kappa shape index (κ1) is 37.9. The molecular weight excluding hydrogens is 797 g/mol. The molecule has 0 saturated heterocycles. The van der Waals surface area contributed by atoms with Gasteiger partial charge in [-0.1, -0.05) is 181 Å². The molecule has 316 valence electrons. The van der Waals surface area contributed by atoms with Crippen molar-refractivity contribution in [3.05, 3.63) is 228 Å². The predicted octanol–water partition coefficient (Wildman–Crippen LogP) is 16.5. The Balaban J connectivity index is 1.05. The molecule has 14 rings (SSSR count). The maximum absolute atomic E-state index is 2.54. The van der Waals surface area contributed by atoms with Crippen LogP contribution in [0, 0.1) is 5.41 Å². The summed E-state index contributed by atoms with van der Waals surface area (Å²) in [6.07, 6.45) is 0. The molecule has 1 spiro atoms. The van der Waals surface area contributed by atoms with E-state index in [4.69, 9.17) is 0 Å². The number of rotatable bonds is 3. The van der Waals surface area contributed by atoms with Gasteiger partial charge in [-0.25, -0.2) is 0 Å². The SMILES string of the molecule is CC1(C)c2ccc3c(c2C(C)(C)C1(C)C)c1cc(-c2ccc4c(c2)c2ccc5c(c2n4-c2ccccc2)-c2ccccc2C52c4ccccc4-c4ccccc42)ccc1n3-c1ccccc1. The summed E-state index contributed by atoms with van der Waals surface area (Å²) in [5, 5.41) is 5.23. The topological polar surface area (TPSA) is 9.86 Å². The Morgan fingerprint density at radius 2 is 0.833 bits per heavy atom. The third-order valence-electron chi connectivity index (χ3n) is 17.6. The molecule has 66 heavy (non-hydrogen) atoms. The highest BCUT2D eigenvalue weighted by Gasteiger charge is 2.58. The van der Waals surface area contributed by atoms with Crippen molar-refractivity contribution in [2.75, 3.05) is 0 Å². The van der Waals surface area contributed by atoms with E-state index in [1.54, 1.807) is 0 Å². The van der Waals surface area contributed by atoms with E-state index in [0.717, 1.165) is 0 Å². The number of hydrogen-bond acceptors (Lipinski definition) is 0. The smallest absolute Gasteiger partial charge is 0.0726 e. The van der Waals surface area contributed by atoms with E-state index in [2.05, 4.69) is 245 Å². The molecule has 0 atom stereocenters. The number of para-hydroxylation sites is 2. The summed E-state index contributed by atoms with van der Waals surface area (Å²) in [5.41, 5.74) is 23.1. The minimum atomic E-state index is -0.413. The minimum absolute atomic E-state index is 0.00166. The van der Waals surface area contributed by atoms with Crippen molar-refractivity contribution in [3.8, 4) is 44.8 Å². The average molecular weight is 847 g/mol. The van der Waals surface area contributed by atoms with Gasteiger partial charge >= 0.3 is 0 Å². The fraction of sp³-hybridized carbons (Fsp3) is 0.156. The molecule has 0 saturated carbocycles. The van der Waals surface area contributed by atoms with Crippen molar-refractivity contribution >= 4 is 43.6 Å². The van der Waals surface area contributed by atoms with Gasteiger partial charge in [0.2, 0.25) is 0 Å². The van der Waals surface area contributed by atoms with E-state index in [1.807, 2.05) is 0 Å². The molecule has 2 heterocycles. The van der Waals surface area contributed by atoms with Crippen molar-refractivity contribution in [1.29, 1.82) is 0 Å². The largest absolute Gasteiger partial charge is 0.309 e. The van der Waals surface area contributed by atoms with E-state index >= 15 is 0 Å². The number of aromatic nitrogens is 2. The summed E-state index contributed by atoms with van der Waals surface area (Å²) in [7, 11) is 0. The lowest BCUT2D eigenvalue weighted by Crippen LogP contribution is -2.42. The van der Waals surface area contributed by atoms with Crippen LogP contribution in [0.15, 0.2) is 194 Å². The molecule has 11 aromatic rings. The van der Waals surface area contributed by atoms with Crippen LogP contribution >= 0.6 is 0 Å². The van der Waals surface area contributed by atoms with E-state index in [-0.39, 0.29) is 16.2 Å². The zero-order chi connectivity index (χ0) is 44.5. The monoisotopic (exact) mass is 846 g/mol. The maximum Gasteiger partial charge on any atom is 0.0726 e. The molecule has 2 nitrogen and oxygen atoms in total. The number of benzene rings is 9. The standard InChI is InChI=1S/C64H50N2/c1-61(2)53-33-36-56-58(59(53)62(3,4)63(61,5)6)48-38-40(30-35-55(48)65(56)41-19-9-7-10-20-41)39-29-34-54-47(37-39)45-31-32-52-57(60(45)66(54)42-21-11-8-12-22-42)46-25-15-18-28-51(46)64(52)49-26-16-13-23-43(49)44-24-14-17-27-50(44)64/h7-38H,1-6H3. The second-order valence-electron chi connectivity index (χ2n) is 20.8. The third kappa shape index (κ3) is 4.39. The van der Waals surface area contributed by atoms with E-state index in [0.29, 0.717) is 0 Å². The van der Waals surface area contributed by atoms with Gasteiger partial charge in [-0.3, -0.25) is 0 Å². The fourth-order valence-corrected chi connectivity index (χ4v) is 13.5. The van der Waals surface area contributed by atoms with Gasteiger partial charge in [-0.2, -0.15) is 0 Å². The Kier molecular flexibility index (Phi) is 7.28. The van der Waals surface area contributed by atoms with E-state index in [1.165, 1.54) is 122 Å². The highest BCUT2D eigenvalue weighted by atomic mass is 15.0. The first-order valence-electron chi connectivity index (χ1n) is 23.7. The second-order valence-corrected chi connectivity index (χ2v) is 20.8. The minimum Gasteiger partial charge on any atom is -0.309 e. The van der Waals surface area contributed by atoms with Gasteiger partial charge in [0.05, 0.1) is 27.5 Å². The molecular formula is C64H50N2. The molecule has 0 aliphatic heterocycles. The summed E-state index contributed by atoms with van der Waals surface area (Å²) in [6.45, 7) is 14.8. The van der Waals surface area contributed by atoms with Gasteiger partial charge in [0.1, 0.15) is 0 Å². The van der Waals surface area contributed by atoms with Crippen LogP contribution in [0.2, 0.25) is 0 Å². The first-order chi connectivity index (χ1) is 32.0. The molecule has 9 aromatic carbocycles. The molecule has 0 amide bonds. The van der Waals surface area contributed by atoms with Gasteiger partial charge in [0.25, 0.3) is 0 Å². The first-order valence-corrected chi connectivity index (χ1v) is 23.7. The Hall–Kier alpha value is -7.42. The lowest BCUT2D eigenvalue weighted by atomic mass is 9.59. The Morgan fingerprint density at radius 1 is 0.348 bits per heavy atom. The summed E-state index contributed by atoms with van der Waals surface area (Å²) >= 11 is 0. The molecule has 0 unspecified atom stereocenters. The second kappa shape index (κ2) is 12.7. The van der Waals surface area contributed by atoms with Crippen LogP contribution in [-0.2, 0) is 16.2 Å². The summed E-state index contributed by atoms with van der Waals surface area (Å²) in [4.78, 5) is 0. The fourth-order valence-electron chi connectivity index (χ4n) is 13.5.